The zero-order valence-electron chi connectivity index (χ0n) is 11.1. The Morgan fingerprint density at radius 3 is 2.62 bits per heavy atom. The molecule has 3 rings (SSSR count). The number of amides is 1. The molecule has 0 aromatic carbocycles. The summed E-state index contributed by atoms with van der Waals surface area (Å²) in [5.41, 5.74) is 2.20. The number of halogens is 3. The minimum absolute atomic E-state index is 0.167. The summed E-state index contributed by atoms with van der Waals surface area (Å²) in [6, 6.07) is 2.26. The molecule has 1 aliphatic carbocycles. The van der Waals surface area contributed by atoms with Crippen LogP contribution >= 0.6 is 0 Å². The Kier molecular flexibility index (Phi) is 3.27. The van der Waals surface area contributed by atoms with Crippen molar-refractivity contribution in [1.29, 1.82) is 0 Å². The van der Waals surface area contributed by atoms with Gasteiger partial charge in [-0.2, -0.15) is 13.2 Å². The molecule has 2 aliphatic rings. The van der Waals surface area contributed by atoms with Gasteiger partial charge in [-0.1, -0.05) is 0 Å². The molecule has 1 amide bonds. The minimum atomic E-state index is -4.39. The number of carbonyl (C=O) groups excluding carboxylic acids is 1. The Hall–Kier alpha value is -1.83. The number of alkyl halides is 3. The molecule has 5 nitrogen and oxygen atoms in total. The highest BCUT2D eigenvalue weighted by Crippen LogP contribution is 2.45. The van der Waals surface area contributed by atoms with E-state index in [-0.39, 0.29) is 12.1 Å². The van der Waals surface area contributed by atoms with Gasteiger partial charge in [-0.3, -0.25) is 4.98 Å². The van der Waals surface area contributed by atoms with Crippen molar-refractivity contribution in [1.82, 2.24) is 15.4 Å². The molecule has 1 aromatic rings. The normalized spacial score (nSPS) is 20.5. The first kappa shape index (κ1) is 14.1. The molecule has 1 saturated carbocycles. The quantitative estimate of drug-likeness (QED) is 0.932. The third kappa shape index (κ3) is 3.10. The molecule has 2 fully saturated rings. The largest absolute Gasteiger partial charge is 0.442 e. The lowest BCUT2D eigenvalue weighted by Gasteiger charge is -2.32. The fourth-order valence-corrected chi connectivity index (χ4v) is 2.21. The van der Waals surface area contributed by atoms with Gasteiger partial charge < -0.3 is 4.74 Å². The van der Waals surface area contributed by atoms with Crippen LogP contribution in [0.1, 0.15) is 30.5 Å². The number of hydrogen-bond donors (Lipinski definition) is 1. The van der Waals surface area contributed by atoms with Gasteiger partial charge in [-0.15, -0.1) is 0 Å². The fraction of sp³-hybridized carbons (Fsp3) is 0.538. The first-order valence-corrected chi connectivity index (χ1v) is 6.64. The summed E-state index contributed by atoms with van der Waals surface area (Å²) in [7, 11) is 0. The number of hydrogen-bond acceptors (Lipinski definition) is 4. The van der Waals surface area contributed by atoms with Crippen molar-refractivity contribution < 1.29 is 22.7 Å². The second-order valence-corrected chi connectivity index (χ2v) is 5.32. The van der Waals surface area contributed by atoms with Gasteiger partial charge in [0.25, 0.3) is 0 Å². The van der Waals surface area contributed by atoms with Gasteiger partial charge in [0.05, 0.1) is 17.8 Å². The SMILES string of the molecule is O=C1OC2(CCN1NCc1ccc(C(F)(F)F)cn1)CC2. The van der Waals surface area contributed by atoms with Crippen LogP contribution in [0.25, 0.3) is 0 Å². The van der Waals surface area contributed by atoms with Gasteiger partial charge in [-0.25, -0.2) is 15.2 Å². The predicted molar refractivity (Wildman–Crippen MR) is 65.8 cm³/mol. The second-order valence-electron chi connectivity index (χ2n) is 5.32. The van der Waals surface area contributed by atoms with Gasteiger partial charge in [0.2, 0.25) is 0 Å². The number of hydrazine groups is 1. The number of carbonyl (C=O) groups is 1. The van der Waals surface area contributed by atoms with Crippen LogP contribution in [-0.4, -0.2) is 28.2 Å². The molecule has 0 atom stereocenters. The molecule has 0 bridgehead atoms. The molecule has 1 N–H and O–H groups in total. The van der Waals surface area contributed by atoms with Crippen LogP contribution in [0.15, 0.2) is 18.3 Å². The smallest absolute Gasteiger partial charge is 0.424 e. The van der Waals surface area contributed by atoms with Crippen molar-refractivity contribution >= 4 is 6.09 Å². The number of nitrogens with zero attached hydrogens (tertiary/aromatic N) is 2. The number of rotatable bonds is 3. The van der Waals surface area contributed by atoms with E-state index < -0.39 is 17.8 Å². The number of pyridine rings is 1. The Balaban J connectivity index is 1.54. The van der Waals surface area contributed by atoms with E-state index >= 15 is 0 Å². The van der Waals surface area contributed by atoms with Crippen LogP contribution in [0.5, 0.6) is 0 Å². The monoisotopic (exact) mass is 301 g/mol. The Morgan fingerprint density at radius 1 is 1.33 bits per heavy atom. The van der Waals surface area contributed by atoms with Crippen molar-refractivity contribution in [2.75, 3.05) is 6.54 Å². The molecule has 0 unspecified atom stereocenters. The molecule has 21 heavy (non-hydrogen) atoms. The second kappa shape index (κ2) is 4.87. The average Bonchev–Trinajstić information content (AvgIpc) is 3.17. The van der Waals surface area contributed by atoms with E-state index in [2.05, 4.69) is 10.4 Å². The standard InChI is InChI=1S/C13H14F3N3O2/c14-13(15,16)9-1-2-10(17-7-9)8-18-19-6-5-12(3-4-12)21-11(19)20/h1-2,7,18H,3-6,8H2. The van der Waals surface area contributed by atoms with Crippen molar-refractivity contribution in [2.24, 2.45) is 0 Å². The molecule has 0 radical (unpaired) electrons. The summed E-state index contributed by atoms with van der Waals surface area (Å²) in [6.45, 7) is 0.694. The zero-order valence-corrected chi connectivity index (χ0v) is 11.1. The van der Waals surface area contributed by atoms with Gasteiger partial charge in [-0.05, 0) is 25.0 Å². The van der Waals surface area contributed by atoms with Gasteiger partial charge >= 0.3 is 12.3 Å². The van der Waals surface area contributed by atoms with Crippen LogP contribution < -0.4 is 5.43 Å². The fourth-order valence-electron chi connectivity index (χ4n) is 2.21. The van der Waals surface area contributed by atoms with Gasteiger partial charge in [0, 0.05) is 19.2 Å². The third-order valence-corrected chi connectivity index (χ3v) is 3.73. The van der Waals surface area contributed by atoms with E-state index in [1.807, 2.05) is 0 Å². The van der Waals surface area contributed by atoms with E-state index in [0.29, 0.717) is 12.2 Å². The maximum Gasteiger partial charge on any atom is 0.424 e. The topological polar surface area (TPSA) is 54.5 Å². The highest BCUT2D eigenvalue weighted by molar-refractivity contribution is 5.68. The van der Waals surface area contributed by atoms with Crippen molar-refractivity contribution in [3.8, 4) is 0 Å². The predicted octanol–water partition coefficient (Wildman–Crippen LogP) is 2.48. The van der Waals surface area contributed by atoms with E-state index in [1.54, 1.807) is 0 Å². The molecule has 1 spiro atoms. The van der Waals surface area contributed by atoms with E-state index in [4.69, 9.17) is 4.74 Å². The molecular formula is C13H14F3N3O2. The van der Waals surface area contributed by atoms with Crippen molar-refractivity contribution in [2.45, 2.75) is 37.6 Å². The number of ether oxygens (including phenoxy) is 1. The van der Waals surface area contributed by atoms with Crippen LogP contribution in [0.2, 0.25) is 0 Å². The van der Waals surface area contributed by atoms with E-state index in [0.717, 1.165) is 31.5 Å². The zero-order chi connectivity index (χ0) is 15.1. The lowest BCUT2D eigenvalue weighted by Crippen LogP contribution is -2.50. The molecule has 114 valence electrons. The Morgan fingerprint density at radius 2 is 2.10 bits per heavy atom. The minimum Gasteiger partial charge on any atom is -0.442 e. The van der Waals surface area contributed by atoms with Crippen molar-refractivity contribution in [3.63, 3.8) is 0 Å². The third-order valence-electron chi connectivity index (χ3n) is 3.73. The summed E-state index contributed by atoms with van der Waals surface area (Å²) in [6.07, 6.45) is -1.46. The highest BCUT2D eigenvalue weighted by atomic mass is 19.4. The molecule has 2 heterocycles. The van der Waals surface area contributed by atoms with Gasteiger partial charge in [0.1, 0.15) is 5.60 Å². The molecule has 1 saturated heterocycles. The van der Waals surface area contributed by atoms with Crippen LogP contribution in [0.4, 0.5) is 18.0 Å². The van der Waals surface area contributed by atoms with E-state index in [1.165, 1.54) is 11.1 Å². The van der Waals surface area contributed by atoms with Crippen LogP contribution in [-0.2, 0) is 17.5 Å². The maximum atomic E-state index is 12.4. The lowest BCUT2D eigenvalue weighted by molar-refractivity contribution is -0.137. The summed E-state index contributed by atoms with van der Waals surface area (Å²) >= 11 is 0. The van der Waals surface area contributed by atoms with Gasteiger partial charge in [0.15, 0.2) is 0 Å². The summed E-state index contributed by atoms with van der Waals surface area (Å²) in [5, 5.41) is 1.34. The summed E-state index contributed by atoms with van der Waals surface area (Å²) in [5.74, 6) is 0. The lowest BCUT2D eigenvalue weighted by atomic mass is 10.2. The molecule has 1 aromatic heterocycles. The van der Waals surface area contributed by atoms with Crippen LogP contribution in [0.3, 0.4) is 0 Å². The summed E-state index contributed by atoms with van der Waals surface area (Å²) in [4.78, 5) is 15.5. The number of aromatic nitrogens is 1. The Bertz CT molecular complexity index is 541. The molecule has 8 heteroatoms. The highest BCUT2D eigenvalue weighted by Gasteiger charge is 2.50. The first-order chi connectivity index (χ1) is 9.88. The summed E-state index contributed by atoms with van der Waals surface area (Å²) < 4.78 is 42.5. The molecular weight excluding hydrogens is 287 g/mol. The Labute approximate surface area is 119 Å². The first-order valence-electron chi connectivity index (χ1n) is 6.64. The van der Waals surface area contributed by atoms with Crippen LogP contribution in [0, 0.1) is 0 Å². The average molecular weight is 301 g/mol. The van der Waals surface area contributed by atoms with E-state index in [9.17, 15) is 18.0 Å². The maximum absolute atomic E-state index is 12.4. The number of nitrogens with one attached hydrogen (secondary N) is 1. The van der Waals surface area contributed by atoms with Crippen molar-refractivity contribution in [3.05, 3.63) is 29.6 Å². The molecule has 1 aliphatic heterocycles.